The Morgan fingerprint density at radius 1 is 1.35 bits per heavy atom. The number of benzene rings is 1. The van der Waals surface area contributed by atoms with E-state index in [1.54, 1.807) is 0 Å². The van der Waals surface area contributed by atoms with Crippen molar-refractivity contribution >= 4 is 18.3 Å². The van der Waals surface area contributed by atoms with Crippen LogP contribution in [0.1, 0.15) is 13.8 Å². The van der Waals surface area contributed by atoms with Crippen LogP contribution in [0.5, 0.6) is 5.75 Å². The average Bonchev–Trinajstić information content (AvgIpc) is 2.37. The molecule has 20 heavy (non-hydrogen) atoms. The van der Waals surface area contributed by atoms with Crippen LogP contribution in [0.25, 0.3) is 0 Å². The van der Waals surface area contributed by atoms with Crippen molar-refractivity contribution in [2.24, 2.45) is 5.73 Å². The fourth-order valence-electron chi connectivity index (χ4n) is 1.53. The largest absolute Gasteiger partial charge is 0.486 e. The van der Waals surface area contributed by atoms with E-state index in [1.807, 2.05) is 44.2 Å². The van der Waals surface area contributed by atoms with Crippen molar-refractivity contribution in [3.8, 4) is 5.75 Å². The standard InChI is InChI=1S/C14H22N2O3.ClH/c1-14(2,19-11-7-5-4-6-8-11)10-16-13(17)12(15)9-18-3;/h4-8,12H,9-10,15H2,1-3H3,(H,16,17);1H. The van der Waals surface area contributed by atoms with Gasteiger partial charge in [-0.25, -0.2) is 0 Å². The molecule has 0 fully saturated rings. The van der Waals surface area contributed by atoms with E-state index in [-0.39, 0.29) is 24.9 Å². The molecule has 0 bridgehead atoms. The molecule has 0 spiro atoms. The fourth-order valence-corrected chi connectivity index (χ4v) is 1.53. The van der Waals surface area contributed by atoms with Crippen LogP contribution < -0.4 is 15.8 Å². The van der Waals surface area contributed by atoms with E-state index in [2.05, 4.69) is 5.32 Å². The van der Waals surface area contributed by atoms with Crippen molar-refractivity contribution < 1.29 is 14.3 Å². The van der Waals surface area contributed by atoms with E-state index in [9.17, 15) is 4.79 Å². The Bertz CT molecular complexity index is 399. The third kappa shape index (κ3) is 6.75. The number of nitrogens with two attached hydrogens (primary N) is 1. The van der Waals surface area contributed by atoms with E-state index < -0.39 is 11.6 Å². The number of hydrogen-bond donors (Lipinski definition) is 2. The first-order valence-electron chi connectivity index (χ1n) is 6.21. The SMILES string of the molecule is COCC(N)C(=O)NCC(C)(C)Oc1ccccc1.Cl. The van der Waals surface area contributed by atoms with E-state index in [1.165, 1.54) is 7.11 Å². The van der Waals surface area contributed by atoms with Crippen molar-refractivity contribution in [3.63, 3.8) is 0 Å². The van der Waals surface area contributed by atoms with Gasteiger partial charge in [-0.3, -0.25) is 4.79 Å². The molecule has 5 nitrogen and oxygen atoms in total. The molecule has 0 aromatic heterocycles. The first-order valence-corrected chi connectivity index (χ1v) is 6.21. The number of carbonyl (C=O) groups is 1. The molecule has 114 valence electrons. The van der Waals surface area contributed by atoms with Gasteiger partial charge in [-0.05, 0) is 26.0 Å². The summed E-state index contributed by atoms with van der Waals surface area (Å²) in [5.74, 6) is 0.523. The summed E-state index contributed by atoms with van der Waals surface area (Å²) in [5.41, 5.74) is 5.12. The smallest absolute Gasteiger partial charge is 0.239 e. The zero-order valence-electron chi connectivity index (χ0n) is 12.1. The van der Waals surface area contributed by atoms with Gasteiger partial charge >= 0.3 is 0 Å². The van der Waals surface area contributed by atoms with Gasteiger partial charge in [0.25, 0.3) is 0 Å². The Labute approximate surface area is 126 Å². The van der Waals surface area contributed by atoms with E-state index >= 15 is 0 Å². The topological polar surface area (TPSA) is 73.6 Å². The monoisotopic (exact) mass is 302 g/mol. The van der Waals surface area contributed by atoms with Gasteiger partial charge < -0.3 is 20.5 Å². The molecule has 0 saturated carbocycles. The maximum atomic E-state index is 11.7. The lowest BCUT2D eigenvalue weighted by Crippen LogP contribution is -2.49. The Balaban J connectivity index is 0.00000361. The number of amides is 1. The van der Waals surface area contributed by atoms with Crippen molar-refractivity contribution in [2.75, 3.05) is 20.3 Å². The Hall–Kier alpha value is -1.30. The summed E-state index contributed by atoms with van der Waals surface area (Å²) in [7, 11) is 1.51. The van der Waals surface area contributed by atoms with Crippen molar-refractivity contribution in [3.05, 3.63) is 30.3 Å². The molecule has 1 amide bonds. The van der Waals surface area contributed by atoms with Crippen LogP contribution >= 0.6 is 12.4 Å². The van der Waals surface area contributed by atoms with Crippen molar-refractivity contribution in [1.82, 2.24) is 5.32 Å². The molecule has 0 saturated heterocycles. The second-order valence-corrected chi connectivity index (χ2v) is 4.95. The lowest BCUT2D eigenvalue weighted by Gasteiger charge is -2.27. The van der Waals surface area contributed by atoms with Gasteiger partial charge in [0.1, 0.15) is 17.4 Å². The fraction of sp³-hybridized carbons (Fsp3) is 0.500. The highest BCUT2D eigenvalue weighted by molar-refractivity contribution is 5.85. The molecule has 0 aliphatic rings. The van der Waals surface area contributed by atoms with Gasteiger partial charge in [0.2, 0.25) is 5.91 Å². The molecular weight excluding hydrogens is 280 g/mol. The number of carbonyl (C=O) groups excluding carboxylic acids is 1. The highest BCUT2D eigenvalue weighted by Gasteiger charge is 2.22. The number of hydrogen-bond acceptors (Lipinski definition) is 4. The second kappa shape index (κ2) is 8.79. The van der Waals surface area contributed by atoms with Crippen LogP contribution in [0.15, 0.2) is 30.3 Å². The highest BCUT2D eigenvalue weighted by atomic mass is 35.5. The minimum absolute atomic E-state index is 0. The number of ether oxygens (including phenoxy) is 2. The molecule has 3 N–H and O–H groups in total. The van der Waals surface area contributed by atoms with Gasteiger partial charge in [-0.1, -0.05) is 18.2 Å². The van der Waals surface area contributed by atoms with Crippen LogP contribution in [0.4, 0.5) is 0 Å². The quantitative estimate of drug-likeness (QED) is 0.797. The molecule has 1 aromatic carbocycles. The molecule has 0 aliphatic heterocycles. The van der Waals surface area contributed by atoms with Crippen LogP contribution in [0.2, 0.25) is 0 Å². The van der Waals surface area contributed by atoms with Crippen molar-refractivity contribution in [1.29, 1.82) is 0 Å². The molecule has 1 aromatic rings. The number of nitrogens with one attached hydrogen (secondary N) is 1. The minimum atomic E-state index is -0.655. The first kappa shape index (κ1) is 18.7. The number of halogens is 1. The minimum Gasteiger partial charge on any atom is -0.486 e. The molecule has 6 heteroatoms. The van der Waals surface area contributed by atoms with Crippen LogP contribution in [0.3, 0.4) is 0 Å². The molecule has 0 heterocycles. The van der Waals surface area contributed by atoms with Gasteiger partial charge in [0.05, 0.1) is 13.2 Å². The normalized spacial score (nSPS) is 12.2. The second-order valence-electron chi connectivity index (χ2n) is 4.95. The molecule has 1 rings (SSSR count). The Morgan fingerprint density at radius 3 is 2.50 bits per heavy atom. The molecule has 1 unspecified atom stereocenters. The Morgan fingerprint density at radius 2 is 1.95 bits per heavy atom. The van der Waals surface area contributed by atoms with Crippen LogP contribution in [0, 0.1) is 0 Å². The Kier molecular flexibility index (Phi) is 8.22. The summed E-state index contributed by atoms with van der Waals surface area (Å²) in [6.07, 6.45) is 0. The molecule has 0 radical (unpaired) electrons. The first-order chi connectivity index (χ1) is 8.94. The summed E-state index contributed by atoms with van der Waals surface area (Å²) in [6.45, 7) is 4.38. The van der Waals surface area contributed by atoms with Gasteiger partial charge in [0, 0.05) is 7.11 Å². The summed E-state index contributed by atoms with van der Waals surface area (Å²) >= 11 is 0. The number of rotatable bonds is 7. The molecule has 0 aliphatic carbocycles. The van der Waals surface area contributed by atoms with Gasteiger partial charge in [-0.15, -0.1) is 12.4 Å². The van der Waals surface area contributed by atoms with Gasteiger partial charge in [-0.2, -0.15) is 0 Å². The summed E-state index contributed by atoms with van der Waals surface area (Å²) in [5, 5.41) is 2.76. The van der Waals surface area contributed by atoms with Crippen molar-refractivity contribution in [2.45, 2.75) is 25.5 Å². The number of para-hydroxylation sites is 1. The van der Waals surface area contributed by atoms with E-state index in [0.717, 1.165) is 5.75 Å². The zero-order valence-corrected chi connectivity index (χ0v) is 12.9. The maximum Gasteiger partial charge on any atom is 0.239 e. The predicted molar refractivity (Wildman–Crippen MR) is 81.3 cm³/mol. The van der Waals surface area contributed by atoms with Crippen LogP contribution in [-0.4, -0.2) is 37.8 Å². The van der Waals surface area contributed by atoms with Gasteiger partial charge in [0.15, 0.2) is 0 Å². The summed E-state index contributed by atoms with van der Waals surface area (Å²) < 4.78 is 10.6. The highest BCUT2D eigenvalue weighted by Crippen LogP contribution is 2.16. The van der Waals surface area contributed by atoms with Crippen LogP contribution in [-0.2, 0) is 9.53 Å². The molecule has 1 atom stereocenters. The lowest BCUT2D eigenvalue weighted by molar-refractivity contribution is -0.124. The average molecular weight is 303 g/mol. The number of methoxy groups -OCH3 is 1. The summed E-state index contributed by atoms with van der Waals surface area (Å²) in [6, 6.07) is 8.82. The zero-order chi connectivity index (χ0) is 14.3. The lowest BCUT2D eigenvalue weighted by atomic mass is 10.1. The summed E-state index contributed by atoms with van der Waals surface area (Å²) in [4.78, 5) is 11.7. The van der Waals surface area contributed by atoms with E-state index in [0.29, 0.717) is 6.54 Å². The van der Waals surface area contributed by atoms with E-state index in [4.69, 9.17) is 15.2 Å². The third-order valence-electron chi connectivity index (χ3n) is 2.51. The third-order valence-corrected chi connectivity index (χ3v) is 2.51. The maximum absolute atomic E-state index is 11.7. The molecular formula is C14H23ClN2O3. The predicted octanol–water partition coefficient (Wildman–Crippen LogP) is 1.36.